The Labute approximate surface area is 137 Å². The lowest BCUT2D eigenvalue weighted by atomic mass is 10.1. The first-order valence-electron chi connectivity index (χ1n) is 7.62. The molecule has 0 aliphatic heterocycles. The first-order valence-corrected chi connectivity index (χ1v) is 7.62. The second kappa shape index (κ2) is 5.45. The van der Waals surface area contributed by atoms with Gasteiger partial charge in [0.25, 0.3) is 0 Å². The molecule has 0 spiro atoms. The van der Waals surface area contributed by atoms with E-state index in [0.717, 1.165) is 16.8 Å². The summed E-state index contributed by atoms with van der Waals surface area (Å²) < 4.78 is 3.58. The van der Waals surface area contributed by atoms with E-state index in [1.54, 1.807) is 4.52 Å². The van der Waals surface area contributed by atoms with Crippen molar-refractivity contribution in [3.63, 3.8) is 0 Å². The zero-order valence-electron chi connectivity index (χ0n) is 13.0. The lowest BCUT2D eigenvalue weighted by Crippen LogP contribution is -2.02. The van der Waals surface area contributed by atoms with Crippen LogP contribution in [0.15, 0.2) is 42.7 Å². The molecular weight excluding hydrogens is 306 g/mol. The minimum Gasteiger partial charge on any atom is -0.481 e. The van der Waals surface area contributed by atoms with Crippen LogP contribution in [-0.2, 0) is 11.2 Å². The summed E-state index contributed by atoms with van der Waals surface area (Å²) in [4.78, 5) is 10.8. The second-order valence-corrected chi connectivity index (χ2v) is 5.73. The Bertz CT molecular complexity index is 1050. The van der Waals surface area contributed by atoms with E-state index in [0.29, 0.717) is 17.9 Å². The molecule has 4 rings (SSSR count). The minimum atomic E-state index is -0.848. The highest BCUT2D eigenvalue weighted by Gasteiger charge is 2.13. The van der Waals surface area contributed by atoms with Gasteiger partial charge in [-0.25, -0.2) is 4.52 Å². The van der Waals surface area contributed by atoms with Crippen LogP contribution in [0.5, 0.6) is 0 Å². The van der Waals surface area contributed by atoms with Gasteiger partial charge < -0.3 is 5.11 Å². The van der Waals surface area contributed by atoms with Crippen LogP contribution in [0, 0.1) is 6.92 Å². The van der Waals surface area contributed by atoms with Crippen molar-refractivity contribution < 1.29 is 9.90 Å². The average Bonchev–Trinajstić information content (AvgIpc) is 3.17. The first kappa shape index (κ1) is 14.4. The van der Waals surface area contributed by atoms with E-state index in [9.17, 15) is 4.79 Å². The summed E-state index contributed by atoms with van der Waals surface area (Å²) in [5.41, 5.74) is 4.60. The molecule has 0 aliphatic carbocycles. The molecule has 3 aromatic heterocycles. The van der Waals surface area contributed by atoms with Crippen molar-refractivity contribution >= 4 is 17.1 Å². The van der Waals surface area contributed by atoms with Crippen LogP contribution in [0.2, 0.25) is 0 Å². The topological polar surface area (TPSA) is 84.8 Å². The summed E-state index contributed by atoms with van der Waals surface area (Å²) >= 11 is 0. The molecule has 0 saturated carbocycles. The summed E-state index contributed by atoms with van der Waals surface area (Å²) in [6.45, 7) is 2.05. The number of nitrogens with zero attached hydrogens (tertiary/aromatic N) is 5. The van der Waals surface area contributed by atoms with Gasteiger partial charge in [0, 0.05) is 24.4 Å². The average molecular weight is 321 g/mol. The molecule has 120 valence electrons. The summed E-state index contributed by atoms with van der Waals surface area (Å²) in [6, 6.07) is 10.1. The molecule has 0 radical (unpaired) electrons. The fourth-order valence-corrected chi connectivity index (χ4v) is 2.71. The van der Waals surface area contributed by atoms with Crippen LogP contribution >= 0.6 is 0 Å². The second-order valence-electron chi connectivity index (χ2n) is 5.73. The zero-order valence-corrected chi connectivity index (χ0v) is 13.0. The van der Waals surface area contributed by atoms with E-state index in [4.69, 9.17) is 5.11 Å². The van der Waals surface area contributed by atoms with Crippen LogP contribution in [-0.4, -0.2) is 35.3 Å². The maximum Gasteiger partial charge on any atom is 0.303 e. The molecule has 1 aromatic carbocycles. The highest BCUT2D eigenvalue weighted by molar-refractivity contribution is 5.76. The molecule has 7 nitrogen and oxygen atoms in total. The number of aromatic nitrogens is 5. The van der Waals surface area contributed by atoms with Crippen molar-refractivity contribution in [2.45, 2.75) is 19.8 Å². The number of carbonyl (C=O) groups is 1. The molecule has 0 fully saturated rings. The van der Waals surface area contributed by atoms with Crippen molar-refractivity contribution in [2.75, 3.05) is 0 Å². The number of rotatable bonds is 4. The zero-order chi connectivity index (χ0) is 16.7. The Hall–Kier alpha value is -3.22. The standard InChI is InChI=1S/C17H15N5O2/c1-11-2-4-12(5-3-11)13-10-14-17-19-18-15(6-7-16(23)24)21(17)8-9-22(14)20-13/h2-5,8-10H,6-7H2,1H3,(H,23,24). The molecule has 7 heteroatoms. The predicted octanol–water partition coefficient (Wildman–Crippen LogP) is 2.37. The van der Waals surface area contributed by atoms with Crippen molar-refractivity contribution in [3.05, 3.63) is 54.1 Å². The van der Waals surface area contributed by atoms with E-state index < -0.39 is 5.97 Å². The number of aliphatic carboxylic acids is 1. The van der Waals surface area contributed by atoms with Crippen LogP contribution in [0.3, 0.4) is 0 Å². The van der Waals surface area contributed by atoms with Gasteiger partial charge in [-0.2, -0.15) is 5.10 Å². The number of benzene rings is 1. The molecule has 24 heavy (non-hydrogen) atoms. The van der Waals surface area contributed by atoms with Crippen molar-refractivity contribution in [2.24, 2.45) is 0 Å². The van der Waals surface area contributed by atoms with Gasteiger partial charge in [-0.1, -0.05) is 29.8 Å². The van der Waals surface area contributed by atoms with Gasteiger partial charge in [-0.15, -0.1) is 10.2 Å². The van der Waals surface area contributed by atoms with Gasteiger partial charge >= 0.3 is 5.97 Å². The minimum absolute atomic E-state index is 0.0276. The number of aryl methyl sites for hydroxylation is 2. The maximum atomic E-state index is 10.8. The number of carboxylic acids is 1. The summed E-state index contributed by atoms with van der Waals surface area (Å²) in [6.07, 6.45) is 4.00. The SMILES string of the molecule is Cc1ccc(-c2cc3c4nnc(CCC(=O)O)n4ccn3n2)cc1. The Balaban J connectivity index is 1.80. The van der Waals surface area contributed by atoms with Crippen LogP contribution in [0.4, 0.5) is 0 Å². The van der Waals surface area contributed by atoms with E-state index >= 15 is 0 Å². The van der Waals surface area contributed by atoms with Gasteiger partial charge in [0.05, 0.1) is 12.1 Å². The molecule has 1 N–H and O–H groups in total. The smallest absolute Gasteiger partial charge is 0.303 e. The third-order valence-electron chi connectivity index (χ3n) is 4.00. The molecule has 0 bridgehead atoms. The van der Waals surface area contributed by atoms with E-state index in [1.807, 2.05) is 41.9 Å². The highest BCUT2D eigenvalue weighted by atomic mass is 16.4. The summed E-state index contributed by atoms with van der Waals surface area (Å²) in [7, 11) is 0. The number of fused-ring (bicyclic) bond motifs is 3. The quantitative estimate of drug-likeness (QED) is 0.624. The fourth-order valence-electron chi connectivity index (χ4n) is 2.71. The highest BCUT2D eigenvalue weighted by Crippen LogP contribution is 2.22. The molecule has 3 heterocycles. The van der Waals surface area contributed by atoms with E-state index in [-0.39, 0.29) is 6.42 Å². The van der Waals surface area contributed by atoms with Crippen LogP contribution in [0.1, 0.15) is 17.8 Å². The van der Waals surface area contributed by atoms with Crippen LogP contribution in [0.25, 0.3) is 22.4 Å². The molecule has 4 aromatic rings. The molecule has 0 amide bonds. The molecule has 0 saturated heterocycles. The van der Waals surface area contributed by atoms with E-state index in [2.05, 4.69) is 27.4 Å². The largest absolute Gasteiger partial charge is 0.481 e. The van der Waals surface area contributed by atoms with Crippen molar-refractivity contribution in [1.82, 2.24) is 24.2 Å². The molecule has 0 atom stereocenters. The monoisotopic (exact) mass is 321 g/mol. The normalized spacial score (nSPS) is 11.4. The lowest BCUT2D eigenvalue weighted by Gasteiger charge is -1.99. The summed E-state index contributed by atoms with van der Waals surface area (Å²) in [5, 5.41) is 21.7. The van der Waals surface area contributed by atoms with E-state index in [1.165, 1.54) is 5.56 Å². The first-order chi connectivity index (χ1) is 11.6. The van der Waals surface area contributed by atoms with Gasteiger partial charge in [0.1, 0.15) is 11.3 Å². The van der Waals surface area contributed by atoms with Crippen molar-refractivity contribution in [1.29, 1.82) is 0 Å². The number of hydrogen-bond acceptors (Lipinski definition) is 4. The van der Waals surface area contributed by atoms with Gasteiger partial charge in [0.2, 0.25) is 0 Å². The molecular formula is C17H15N5O2. The number of carboxylic acid groups (broad SMARTS) is 1. The third-order valence-corrected chi connectivity index (χ3v) is 4.00. The Morgan fingerprint density at radius 3 is 2.71 bits per heavy atom. The molecule has 0 unspecified atom stereocenters. The maximum absolute atomic E-state index is 10.8. The lowest BCUT2D eigenvalue weighted by molar-refractivity contribution is -0.137. The third kappa shape index (κ3) is 2.40. The summed E-state index contributed by atoms with van der Waals surface area (Å²) in [5.74, 6) is -0.216. The molecule has 0 aliphatic rings. The fraction of sp³-hybridized carbons (Fsp3) is 0.176. The van der Waals surface area contributed by atoms with Gasteiger partial charge in [-0.05, 0) is 13.0 Å². The Kier molecular flexibility index (Phi) is 3.26. The van der Waals surface area contributed by atoms with Crippen LogP contribution < -0.4 is 0 Å². The number of hydrogen-bond donors (Lipinski definition) is 1. The van der Waals surface area contributed by atoms with Gasteiger partial charge in [-0.3, -0.25) is 9.20 Å². The Morgan fingerprint density at radius 2 is 1.96 bits per heavy atom. The van der Waals surface area contributed by atoms with Gasteiger partial charge in [0.15, 0.2) is 5.65 Å². The Morgan fingerprint density at radius 1 is 1.17 bits per heavy atom. The predicted molar refractivity (Wildman–Crippen MR) is 87.9 cm³/mol. The van der Waals surface area contributed by atoms with Crippen molar-refractivity contribution in [3.8, 4) is 11.3 Å².